The van der Waals surface area contributed by atoms with E-state index in [1.54, 1.807) is 0 Å². The van der Waals surface area contributed by atoms with Crippen molar-refractivity contribution in [3.63, 3.8) is 0 Å². The minimum atomic E-state index is -1.25. The Kier molecular flexibility index (Phi) is 3.84. The minimum Gasteiger partial charge on any atom is -0.476 e. The number of aromatic nitrogens is 2. The molecule has 0 saturated carbocycles. The molecular weight excluding hydrogens is 200 g/mol. The van der Waals surface area contributed by atoms with Crippen LogP contribution < -0.4 is 0 Å². The number of carboxylic acids is 1. The van der Waals surface area contributed by atoms with E-state index in [1.807, 2.05) is 6.92 Å². The maximum absolute atomic E-state index is 11.3. The number of hydrogen-bond acceptors (Lipinski definition) is 4. The van der Waals surface area contributed by atoms with Crippen LogP contribution in [0.5, 0.6) is 0 Å². The number of ether oxygens (including phenoxy) is 1. The third-order valence-corrected chi connectivity index (χ3v) is 1.78. The van der Waals surface area contributed by atoms with Crippen molar-refractivity contribution >= 4 is 11.9 Å². The van der Waals surface area contributed by atoms with Crippen molar-refractivity contribution in [2.75, 3.05) is 6.61 Å². The molecule has 0 radical (unpaired) electrons. The van der Waals surface area contributed by atoms with Crippen LogP contribution in [0.25, 0.3) is 0 Å². The maximum Gasteiger partial charge on any atom is 0.357 e. The van der Waals surface area contributed by atoms with Gasteiger partial charge in [-0.2, -0.15) is 0 Å². The number of imidazole rings is 1. The summed E-state index contributed by atoms with van der Waals surface area (Å²) >= 11 is 0. The lowest BCUT2D eigenvalue weighted by Gasteiger charge is -2.01. The number of carboxylic acid groups (broad SMARTS) is 1. The van der Waals surface area contributed by atoms with Gasteiger partial charge in [0.2, 0.25) is 0 Å². The molecule has 1 aromatic rings. The summed E-state index contributed by atoms with van der Waals surface area (Å²) in [7, 11) is 0. The molecule has 0 aromatic carbocycles. The number of hydrogen-bond donors (Lipinski definition) is 2. The predicted molar refractivity (Wildman–Crippen MR) is 50.7 cm³/mol. The first-order chi connectivity index (χ1) is 7.16. The molecule has 0 aliphatic rings. The standard InChI is InChI=1S/C9H12N2O4/c1-2-3-4-15-9(14)7-6(8(12)13)10-5-11-7/h5H,2-4H2,1H3,(H,10,11)(H,12,13). The Labute approximate surface area is 86.3 Å². The molecule has 2 N–H and O–H groups in total. The number of aromatic amines is 1. The number of unbranched alkanes of at least 4 members (excludes halogenated alkanes) is 1. The van der Waals surface area contributed by atoms with Crippen molar-refractivity contribution in [1.29, 1.82) is 0 Å². The van der Waals surface area contributed by atoms with E-state index in [9.17, 15) is 9.59 Å². The Morgan fingerprint density at radius 3 is 2.93 bits per heavy atom. The molecule has 0 fully saturated rings. The number of carbonyl (C=O) groups excluding carboxylic acids is 1. The summed E-state index contributed by atoms with van der Waals surface area (Å²) in [6.07, 6.45) is 2.81. The van der Waals surface area contributed by atoms with Crippen molar-refractivity contribution in [1.82, 2.24) is 9.97 Å². The fourth-order valence-corrected chi connectivity index (χ4v) is 0.993. The van der Waals surface area contributed by atoms with E-state index in [4.69, 9.17) is 9.84 Å². The smallest absolute Gasteiger partial charge is 0.357 e. The molecular formula is C9H12N2O4. The van der Waals surface area contributed by atoms with Gasteiger partial charge in [0, 0.05) is 0 Å². The van der Waals surface area contributed by atoms with Gasteiger partial charge in [-0.05, 0) is 6.42 Å². The lowest BCUT2D eigenvalue weighted by Crippen LogP contribution is -2.12. The molecule has 0 amide bonds. The fourth-order valence-electron chi connectivity index (χ4n) is 0.993. The van der Waals surface area contributed by atoms with E-state index in [0.29, 0.717) is 0 Å². The van der Waals surface area contributed by atoms with Crippen LogP contribution in [0.1, 0.15) is 40.7 Å². The molecule has 0 spiro atoms. The molecule has 1 heterocycles. The predicted octanol–water partition coefficient (Wildman–Crippen LogP) is 1.06. The number of aromatic carboxylic acids is 1. The van der Waals surface area contributed by atoms with Crippen LogP contribution in [0.3, 0.4) is 0 Å². The SMILES string of the molecule is CCCCOC(=O)c1[nH]cnc1C(=O)O. The summed E-state index contributed by atoms with van der Waals surface area (Å²) in [4.78, 5) is 27.9. The van der Waals surface area contributed by atoms with E-state index in [2.05, 4.69) is 9.97 Å². The summed E-state index contributed by atoms with van der Waals surface area (Å²) in [5.74, 6) is -1.93. The average Bonchev–Trinajstić information content (AvgIpc) is 2.66. The molecule has 1 rings (SSSR count). The van der Waals surface area contributed by atoms with E-state index in [0.717, 1.165) is 19.2 Å². The summed E-state index contributed by atoms with van der Waals surface area (Å²) in [5, 5.41) is 8.68. The van der Waals surface area contributed by atoms with Gasteiger partial charge >= 0.3 is 11.9 Å². The zero-order valence-electron chi connectivity index (χ0n) is 8.32. The first-order valence-corrected chi connectivity index (χ1v) is 4.60. The first kappa shape index (κ1) is 11.2. The highest BCUT2D eigenvalue weighted by Gasteiger charge is 2.20. The quantitative estimate of drug-likeness (QED) is 0.562. The molecule has 15 heavy (non-hydrogen) atoms. The minimum absolute atomic E-state index is 0.112. The third kappa shape index (κ3) is 2.80. The Bertz CT molecular complexity index is 359. The maximum atomic E-state index is 11.3. The van der Waals surface area contributed by atoms with Crippen LogP contribution in [0.4, 0.5) is 0 Å². The van der Waals surface area contributed by atoms with Gasteiger partial charge in [-0.1, -0.05) is 13.3 Å². The summed E-state index contributed by atoms with van der Waals surface area (Å²) < 4.78 is 4.84. The normalized spacial score (nSPS) is 9.93. The van der Waals surface area contributed by atoms with Gasteiger partial charge in [-0.3, -0.25) is 0 Å². The van der Waals surface area contributed by atoms with Crippen molar-refractivity contribution in [2.24, 2.45) is 0 Å². The van der Waals surface area contributed by atoms with Crippen LogP contribution >= 0.6 is 0 Å². The molecule has 0 aliphatic carbocycles. The average molecular weight is 212 g/mol. The number of esters is 1. The zero-order chi connectivity index (χ0) is 11.3. The fraction of sp³-hybridized carbons (Fsp3) is 0.444. The lowest BCUT2D eigenvalue weighted by atomic mass is 10.3. The van der Waals surface area contributed by atoms with Crippen LogP contribution in [0, 0.1) is 0 Å². The lowest BCUT2D eigenvalue weighted by molar-refractivity contribution is 0.0482. The first-order valence-electron chi connectivity index (χ1n) is 4.60. The van der Waals surface area contributed by atoms with Crippen molar-refractivity contribution in [3.05, 3.63) is 17.7 Å². The molecule has 6 heteroatoms. The molecule has 0 aliphatic heterocycles. The van der Waals surface area contributed by atoms with Gasteiger partial charge in [-0.25, -0.2) is 14.6 Å². The number of nitrogens with zero attached hydrogens (tertiary/aromatic N) is 1. The highest BCUT2D eigenvalue weighted by Crippen LogP contribution is 2.05. The zero-order valence-corrected chi connectivity index (χ0v) is 8.32. The Hall–Kier alpha value is -1.85. The molecule has 82 valence electrons. The molecule has 1 aromatic heterocycles. The Morgan fingerprint density at radius 2 is 2.33 bits per heavy atom. The third-order valence-electron chi connectivity index (χ3n) is 1.78. The van der Waals surface area contributed by atoms with Crippen LogP contribution in [0.2, 0.25) is 0 Å². The second-order valence-electron chi connectivity index (χ2n) is 2.92. The van der Waals surface area contributed by atoms with Gasteiger partial charge in [0.1, 0.15) is 0 Å². The molecule has 0 atom stereocenters. The van der Waals surface area contributed by atoms with E-state index in [-0.39, 0.29) is 18.0 Å². The molecule has 6 nitrogen and oxygen atoms in total. The van der Waals surface area contributed by atoms with Gasteiger partial charge in [0.05, 0.1) is 12.9 Å². The van der Waals surface area contributed by atoms with Crippen LogP contribution in [-0.4, -0.2) is 33.6 Å². The van der Waals surface area contributed by atoms with Crippen LogP contribution in [-0.2, 0) is 4.74 Å². The molecule has 0 unspecified atom stereocenters. The molecule has 0 bridgehead atoms. The van der Waals surface area contributed by atoms with E-state index in [1.165, 1.54) is 0 Å². The van der Waals surface area contributed by atoms with Gasteiger partial charge in [0.15, 0.2) is 11.4 Å². The summed E-state index contributed by atoms with van der Waals surface area (Å²) in [6.45, 7) is 2.25. The number of nitrogens with one attached hydrogen (secondary N) is 1. The highest BCUT2D eigenvalue weighted by molar-refractivity contribution is 5.99. The summed E-state index contributed by atoms with van der Waals surface area (Å²) in [5.41, 5.74) is -0.421. The van der Waals surface area contributed by atoms with Gasteiger partial charge < -0.3 is 14.8 Å². The number of carbonyl (C=O) groups is 2. The Morgan fingerprint density at radius 1 is 1.60 bits per heavy atom. The Balaban J connectivity index is 2.65. The molecule has 0 saturated heterocycles. The number of H-pyrrole nitrogens is 1. The van der Waals surface area contributed by atoms with Crippen molar-refractivity contribution < 1.29 is 19.4 Å². The van der Waals surface area contributed by atoms with E-state index < -0.39 is 11.9 Å². The van der Waals surface area contributed by atoms with Gasteiger partial charge in [0.25, 0.3) is 0 Å². The largest absolute Gasteiger partial charge is 0.476 e. The highest BCUT2D eigenvalue weighted by atomic mass is 16.5. The summed E-state index contributed by atoms with van der Waals surface area (Å²) in [6, 6.07) is 0. The van der Waals surface area contributed by atoms with Crippen molar-refractivity contribution in [2.45, 2.75) is 19.8 Å². The second kappa shape index (κ2) is 5.14. The topological polar surface area (TPSA) is 92.3 Å². The monoisotopic (exact) mass is 212 g/mol. The van der Waals surface area contributed by atoms with Gasteiger partial charge in [-0.15, -0.1) is 0 Å². The number of rotatable bonds is 5. The van der Waals surface area contributed by atoms with E-state index >= 15 is 0 Å². The second-order valence-corrected chi connectivity index (χ2v) is 2.92. The van der Waals surface area contributed by atoms with Crippen molar-refractivity contribution in [3.8, 4) is 0 Å². The van der Waals surface area contributed by atoms with Crippen LogP contribution in [0.15, 0.2) is 6.33 Å².